The van der Waals surface area contributed by atoms with Crippen molar-refractivity contribution in [1.29, 1.82) is 0 Å². The molecule has 2 rings (SSSR count). The Labute approximate surface area is 127 Å². The second-order valence-corrected chi connectivity index (χ2v) is 4.57. The van der Waals surface area contributed by atoms with E-state index in [-0.39, 0.29) is 5.84 Å². The van der Waals surface area contributed by atoms with Crippen LogP contribution in [0.3, 0.4) is 0 Å². The van der Waals surface area contributed by atoms with Gasteiger partial charge in [0.25, 0.3) is 0 Å². The minimum absolute atomic E-state index is 0.0485. The molecule has 6 heteroatoms. The highest BCUT2D eigenvalue weighted by Gasteiger charge is 2.10. The van der Waals surface area contributed by atoms with Gasteiger partial charge in [0, 0.05) is 11.1 Å². The lowest BCUT2D eigenvalue weighted by Crippen LogP contribution is -2.14. The van der Waals surface area contributed by atoms with Gasteiger partial charge < -0.3 is 20.4 Å². The fraction of sp³-hybridized carbons (Fsp3) is 0.133. The minimum Gasteiger partial charge on any atom is -0.494 e. The molecule has 5 nitrogen and oxygen atoms in total. The molecule has 0 unspecified atom stereocenters. The highest BCUT2D eigenvalue weighted by atomic mass is 35.5. The average Bonchev–Trinajstić information content (AvgIpc) is 2.49. The number of ether oxygens (including phenoxy) is 2. The van der Waals surface area contributed by atoms with E-state index in [9.17, 15) is 0 Å². The van der Waals surface area contributed by atoms with E-state index < -0.39 is 0 Å². The lowest BCUT2D eigenvalue weighted by Gasteiger charge is -2.11. The summed E-state index contributed by atoms with van der Waals surface area (Å²) in [5.41, 5.74) is 6.07. The van der Waals surface area contributed by atoms with E-state index in [0.717, 1.165) is 5.75 Å². The number of hydrogen-bond acceptors (Lipinski definition) is 4. The smallest absolute Gasteiger partial charge is 0.173 e. The molecule has 0 saturated carbocycles. The number of benzene rings is 2. The normalized spacial score (nSPS) is 11.2. The predicted molar refractivity (Wildman–Crippen MR) is 81.6 cm³/mol. The molecule has 110 valence electrons. The maximum absolute atomic E-state index is 8.80. The summed E-state index contributed by atoms with van der Waals surface area (Å²) in [5.74, 6) is 1.70. The highest BCUT2D eigenvalue weighted by molar-refractivity contribution is 6.30. The minimum atomic E-state index is -0.0485. The number of rotatable bonds is 5. The molecule has 2 aromatic rings. The first-order valence-electron chi connectivity index (χ1n) is 6.32. The van der Waals surface area contributed by atoms with E-state index in [2.05, 4.69) is 5.16 Å². The van der Waals surface area contributed by atoms with Gasteiger partial charge in [0.1, 0.15) is 17.2 Å². The molecule has 0 atom stereocenters. The SMILES string of the molecule is CCOc1ccc(Oc2cc(Cl)ccc2C(N)=NO)cc1. The van der Waals surface area contributed by atoms with Crippen LogP contribution in [0.2, 0.25) is 5.02 Å². The number of nitrogens with two attached hydrogens (primary N) is 1. The largest absolute Gasteiger partial charge is 0.494 e. The predicted octanol–water partition coefficient (Wildman–Crippen LogP) is 3.63. The van der Waals surface area contributed by atoms with Crippen LogP contribution in [-0.2, 0) is 0 Å². The van der Waals surface area contributed by atoms with Crippen LogP contribution in [-0.4, -0.2) is 17.6 Å². The third-order valence-electron chi connectivity index (χ3n) is 2.69. The Morgan fingerprint density at radius 1 is 1.19 bits per heavy atom. The van der Waals surface area contributed by atoms with Gasteiger partial charge in [-0.2, -0.15) is 0 Å². The van der Waals surface area contributed by atoms with Crippen LogP contribution in [0, 0.1) is 0 Å². The third kappa shape index (κ3) is 3.79. The van der Waals surface area contributed by atoms with Crippen LogP contribution in [0.1, 0.15) is 12.5 Å². The lowest BCUT2D eigenvalue weighted by molar-refractivity contribution is 0.318. The second kappa shape index (κ2) is 6.85. The molecule has 2 aromatic carbocycles. The van der Waals surface area contributed by atoms with Gasteiger partial charge in [0.15, 0.2) is 5.84 Å². The molecule has 0 radical (unpaired) electrons. The molecule has 0 aliphatic rings. The van der Waals surface area contributed by atoms with E-state index >= 15 is 0 Å². The van der Waals surface area contributed by atoms with E-state index in [1.165, 1.54) is 0 Å². The Morgan fingerprint density at radius 3 is 2.48 bits per heavy atom. The van der Waals surface area contributed by atoms with Crippen molar-refractivity contribution in [1.82, 2.24) is 0 Å². The number of nitrogens with zero attached hydrogens (tertiary/aromatic N) is 1. The fourth-order valence-corrected chi connectivity index (χ4v) is 1.91. The first-order chi connectivity index (χ1) is 10.1. The van der Waals surface area contributed by atoms with Gasteiger partial charge in [-0.15, -0.1) is 0 Å². The van der Waals surface area contributed by atoms with Crippen molar-refractivity contribution >= 4 is 17.4 Å². The van der Waals surface area contributed by atoms with Gasteiger partial charge in [-0.25, -0.2) is 0 Å². The van der Waals surface area contributed by atoms with Gasteiger partial charge in [0.2, 0.25) is 0 Å². The Hall–Kier alpha value is -2.40. The van der Waals surface area contributed by atoms with Gasteiger partial charge in [0.05, 0.1) is 12.2 Å². The highest BCUT2D eigenvalue weighted by Crippen LogP contribution is 2.29. The molecular weight excluding hydrogens is 292 g/mol. The Balaban J connectivity index is 2.28. The van der Waals surface area contributed by atoms with Crippen molar-refractivity contribution in [3.05, 3.63) is 53.1 Å². The molecule has 0 saturated heterocycles. The monoisotopic (exact) mass is 306 g/mol. The molecule has 21 heavy (non-hydrogen) atoms. The summed E-state index contributed by atoms with van der Waals surface area (Å²) in [5, 5.41) is 12.3. The first-order valence-corrected chi connectivity index (χ1v) is 6.70. The molecular formula is C15H15ClN2O3. The summed E-state index contributed by atoms with van der Waals surface area (Å²) < 4.78 is 11.1. The summed E-state index contributed by atoms with van der Waals surface area (Å²) in [7, 11) is 0. The number of halogens is 1. The van der Waals surface area contributed by atoms with Crippen molar-refractivity contribution in [2.24, 2.45) is 10.9 Å². The van der Waals surface area contributed by atoms with E-state index in [0.29, 0.717) is 28.7 Å². The van der Waals surface area contributed by atoms with E-state index in [4.69, 9.17) is 32.0 Å². The average molecular weight is 307 g/mol. The van der Waals surface area contributed by atoms with Gasteiger partial charge in [-0.1, -0.05) is 16.8 Å². The zero-order chi connectivity index (χ0) is 15.2. The van der Waals surface area contributed by atoms with E-state index in [1.54, 1.807) is 42.5 Å². The number of amidine groups is 1. The molecule has 0 fully saturated rings. The molecule has 0 aliphatic carbocycles. The maximum atomic E-state index is 8.80. The quantitative estimate of drug-likeness (QED) is 0.383. The van der Waals surface area contributed by atoms with Crippen molar-refractivity contribution in [3.63, 3.8) is 0 Å². The Bertz CT molecular complexity index is 642. The molecule has 0 bridgehead atoms. The summed E-state index contributed by atoms with van der Waals surface area (Å²) in [6.07, 6.45) is 0. The topological polar surface area (TPSA) is 77.1 Å². The molecule has 0 amide bonds. The van der Waals surface area contributed by atoms with Crippen LogP contribution in [0.25, 0.3) is 0 Å². The first kappa shape index (κ1) is 15.0. The molecule has 0 aliphatic heterocycles. The van der Waals surface area contributed by atoms with Gasteiger partial charge in [-0.3, -0.25) is 0 Å². The van der Waals surface area contributed by atoms with Crippen molar-refractivity contribution in [2.45, 2.75) is 6.92 Å². The summed E-state index contributed by atoms with van der Waals surface area (Å²) in [6.45, 7) is 2.52. The fourth-order valence-electron chi connectivity index (χ4n) is 1.74. The Morgan fingerprint density at radius 2 is 1.86 bits per heavy atom. The van der Waals surface area contributed by atoms with Crippen LogP contribution in [0.4, 0.5) is 0 Å². The van der Waals surface area contributed by atoms with E-state index in [1.807, 2.05) is 6.92 Å². The lowest BCUT2D eigenvalue weighted by atomic mass is 10.2. The molecule has 0 heterocycles. The molecule has 3 N–H and O–H groups in total. The van der Waals surface area contributed by atoms with Gasteiger partial charge >= 0.3 is 0 Å². The third-order valence-corrected chi connectivity index (χ3v) is 2.92. The number of hydrogen-bond donors (Lipinski definition) is 2. The van der Waals surface area contributed by atoms with Crippen LogP contribution >= 0.6 is 11.6 Å². The summed E-state index contributed by atoms with van der Waals surface area (Å²) in [4.78, 5) is 0. The summed E-state index contributed by atoms with van der Waals surface area (Å²) >= 11 is 5.95. The standard InChI is InChI=1S/C15H15ClN2O3/c1-2-20-11-4-6-12(7-5-11)21-14-9-10(16)3-8-13(14)15(17)18-19/h3-9,19H,2H2,1H3,(H2,17,18). The molecule has 0 spiro atoms. The molecule has 0 aromatic heterocycles. The summed E-state index contributed by atoms with van der Waals surface area (Å²) in [6, 6.07) is 12.0. The van der Waals surface area contributed by atoms with Crippen molar-refractivity contribution < 1.29 is 14.7 Å². The maximum Gasteiger partial charge on any atom is 0.173 e. The van der Waals surface area contributed by atoms with Gasteiger partial charge in [-0.05, 0) is 43.3 Å². The van der Waals surface area contributed by atoms with Crippen molar-refractivity contribution in [2.75, 3.05) is 6.61 Å². The second-order valence-electron chi connectivity index (χ2n) is 4.13. The van der Waals surface area contributed by atoms with Crippen LogP contribution in [0.5, 0.6) is 17.2 Å². The van der Waals surface area contributed by atoms with Crippen LogP contribution < -0.4 is 15.2 Å². The zero-order valence-electron chi connectivity index (χ0n) is 11.4. The van der Waals surface area contributed by atoms with Crippen LogP contribution in [0.15, 0.2) is 47.6 Å². The van der Waals surface area contributed by atoms with Crippen molar-refractivity contribution in [3.8, 4) is 17.2 Å². The Kier molecular flexibility index (Phi) is 4.90. The zero-order valence-corrected chi connectivity index (χ0v) is 12.2. The number of oxime groups is 1.